The van der Waals surface area contributed by atoms with E-state index >= 15 is 0 Å². The summed E-state index contributed by atoms with van der Waals surface area (Å²) in [6.45, 7) is 1.63. The summed E-state index contributed by atoms with van der Waals surface area (Å²) in [6.07, 6.45) is 1.82. The lowest BCUT2D eigenvalue weighted by Gasteiger charge is -2.35. The van der Waals surface area contributed by atoms with E-state index in [1.807, 2.05) is 6.07 Å². The summed E-state index contributed by atoms with van der Waals surface area (Å²) in [5.41, 5.74) is 0.541. The molecule has 1 aromatic carbocycles. The minimum absolute atomic E-state index is 0.0474. The first-order valence-electron chi connectivity index (χ1n) is 8.83. The number of amides is 1. The molecule has 2 fully saturated rings. The van der Waals surface area contributed by atoms with Crippen LogP contribution in [0.3, 0.4) is 0 Å². The SMILES string of the molecule is N#Cc1ccc(OCC(=O)N2CCC([C@@H]3OCCC3C(=O)O)CC2)cc1. The predicted molar refractivity (Wildman–Crippen MR) is 91.4 cm³/mol. The molecule has 2 aliphatic heterocycles. The average molecular weight is 358 g/mol. The van der Waals surface area contributed by atoms with Crippen LogP contribution in [-0.2, 0) is 14.3 Å². The number of carbonyl (C=O) groups excluding carboxylic acids is 1. The lowest BCUT2D eigenvalue weighted by Crippen LogP contribution is -2.44. The van der Waals surface area contributed by atoms with Crippen LogP contribution in [0.4, 0.5) is 0 Å². The Morgan fingerprint density at radius 1 is 1.23 bits per heavy atom. The topological polar surface area (TPSA) is 99.9 Å². The maximum absolute atomic E-state index is 12.3. The van der Waals surface area contributed by atoms with Crippen molar-refractivity contribution in [2.24, 2.45) is 11.8 Å². The van der Waals surface area contributed by atoms with Crippen LogP contribution in [0.2, 0.25) is 0 Å². The second kappa shape index (κ2) is 8.19. The highest BCUT2D eigenvalue weighted by molar-refractivity contribution is 5.78. The zero-order valence-electron chi connectivity index (χ0n) is 14.5. The van der Waals surface area contributed by atoms with Gasteiger partial charge in [-0.25, -0.2) is 0 Å². The number of hydrogen-bond acceptors (Lipinski definition) is 5. The quantitative estimate of drug-likeness (QED) is 0.859. The molecule has 2 saturated heterocycles. The number of carboxylic acid groups (broad SMARTS) is 1. The van der Waals surface area contributed by atoms with Gasteiger partial charge in [-0.2, -0.15) is 5.26 Å². The molecule has 2 aliphatic rings. The Kier molecular flexibility index (Phi) is 5.74. The van der Waals surface area contributed by atoms with E-state index < -0.39 is 11.9 Å². The zero-order valence-corrected chi connectivity index (χ0v) is 14.5. The summed E-state index contributed by atoms with van der Waals surface area (Å²) in [6, 6.07) is 8.66. The lowest BCUT2D eigenvalue weighted by molar-refractivity contribution is -0.146. The van der Waals surface area contributed by atoms with Crippen molar-refractivity contribution in [3.05, 3.63) is 29.8 Å². The molecule has 0 aromatic heterocycles. The Morgan fingerprint density at radius 2 is 1.92 bits per heavy atom. The summed E-state index contributed by atoms with van der Waals surface area (Å²) >= 11 is 0. The molecule has 138 valence electrons. The predicted octanol–water partition coefficient (Wildman–Crippen LogP) is 1.67. The van der Waals surface area contributed by atoms with Gasteiger partial charge in [-0.15, -0.1) is 0 Å². The van der Waals surface area contributed by atoms with Crippen LogP contribution in [-0.4, -0.2) is 54.3 Å². The van der Waals surface area contributed by atoms with Crippen LogP contribution in [0.1, 0.15) is 24.8 Å². The third-order valence-corrected chi connectivity index (χ3v) is 5.16. The third kappa shape index (κ3) is 4.14. The Hall–Kier alpha value is -2.59. The van der Waals surface area contributed by atoms with Gasteiger partial charge in [0.15, 0.2) is 6.61 Å². The molecule has 3 rings (SSSR count). The second-order valence-electron chi connectivity index (χ2n) is 6.71. The molecule has 7 heteroatoms. The van der Waals surface area contributed by atoms with Gasteiger partial charge in [0, 0.05) is 19.7 Å². The largest absolute Gasteiger partial charge is 0.484 e. The standard InChI is InChI=1S/C19H22N2O5/c20-11-13-1-3-15(4-2-13)26-12-17(22)21-8-5-14(6-9-21)18-16(19(23)24)7-10-25-18/h1-4,14,16,18H,5-10,12H2,(H,23,24)/t16?,18-/m0/s1. The summed E-state index contributed by atoms with van der Waals surface area (Å²) in [4.78, 5) is 25.4. The van der Waals surface area contributed by atoms with Crippen molar-refractivity contribution in [2.75, 3.05) is 26.3 Å². The molecule has 2 atom stereocenters. The molecule has 0 saturated carbocycles. The number of carbonyl (C=O) groups is 2. The molecule has 26 heavy (non-hydrogen) atoms. The van der Waals surface area contributed by atoms with Gasteiger partial charge in [-0.3, -0.25) is 9.59 Å². The summed E-state index contributed by atoms with van der Waals surface area (Å²) in [5, 5.41) is 18.1. The molecule has 2 heterocycles. The van der Waals surface area contributed by atoms with Crippen molar-refractivity contribution in [1.29, 1.82) is 5.26 Å². The molecule has 1 aromatic rings. The van der Waals surface area contributed by atoms with Gasteiger partial charge in [0.2, 0.25) is 0 Å². The maximum Gasteiger partial charge on any atom is 0.309 e. The number of nitrogens with zero attached hydrogens (tertiary/aromatic N) is 2. The highest BCUT2D eigenvalue weighted by Crippen LogP contribution is 2.33. The Bertz CT molecular complexity index is 689. The van der Waals surface area contributed by atoms with Crippen LogP contribution in [0.25, 0.3) is 0 Å². The third-order valence-electron chi connectivity index (χ3n) is 5.16. The van der Waals surface area contributed by atoms with E-state index in [-0.39, 0.29) is 24.5 Å². The molecule has 0 radical (unpaired) electrons. The molecule has 0 bridgehead atoms. The van der Waals surface area contributed by atoms with Gasteiger partial charge in [-0.1, -0.05) is 0 Å². The van der Waals surface area contributed by atoms with Gasteiger partial charge in [-0.05, 0) is 49.4 Å². The molecule has 1 amide bonds. The van der Waals surface area contributed by atoms with E-state index in [0.717, 1.165) is 12.8 Å². The van der Waals surface area contributed by atoms with Crippen molar-refractivity contribution in [2.45, 2.75) is 25.4 Å². The van der Waals surface area contributed by atoms with Gasteiger partial charge in [0.25, 0.3) is 5.91 Å². The normalized spacial score (nSPS) is 23.4. The minimum atomic E-state index is -0.790. The summed E-state index contributed by atoms with van der Waals surface area (Å²) in [7, 11) is 0. The number of nitriles is 1. The number of piperidine rings is 1. The van der Waals surface area contributed by atoms with E-state index in [0.29, 0.717) is 37.4 Å². The first kappa shape index (κ1) is 18.2. The Morgan fingerprint density at radius 3 is 2.54 bits per heavy atom. The molecule has 0 aliphatic carbocycles. The summed E-state index contributed by atoms with van der Waals surface area (Å²) < 4.78 is 11.1. The second-order valence-corrected chi connectivity index (χ2v) is 6.71. The Labute approximate surface area is 152 Å². The maximum atomic E-state index is 12.3. The fraction of sp³-hybridized carbons (Fsp3) is 0.526. The molecular weight excluding hydrogens is 336 g/mol. The number of aliphatic carboxylic acids is 1. The van der Waals surface area contributed by atoms with Crippen molar-refractivity contribution in [3.63, 3.8) is 0 Å². The van der Waals surface area contributed by atoms with Crippen molar-refractivity contribution < 1.29 is 24.2 Å². The van der Waals surface area contributed by atoms with Crippen molar-refractivity contribution in [1.82, 2.24) is 4.90 Å². The van der Waals surface area contributed by atoms with Crippen LogP contribution in [0, 0.1) is 23.2 Å². The van der Waals surface area contributed by atoms with Crippen LogP contribution in [0.15, 0.2) is 24.3 Å². The number of benzene rings is 1. The number of hydrogen-bond donors (Lipinski definition) is 1. The highest BCUT2D eigenvalue weighted by atomic mass is 16.5. The fourth-order valence-corrected chi connectivity index (χ4v) is 3.68. The van der Waals surface area contributed by atoms with E-state index in [4.69, 9.17) is 14.7 Å². The molecule has 1 unspecified atom stereocenters. The van der Waals surface area contributed by atoms with Crippen molar-refractivity contribution >= 4 is 11.9 Å². The lowest BCUT2D eigenvalue weighted by atomic mass is 9.84. The highest BCUT2D eigenvalue weighted by Gasteiger charge is 2.40. The number of likely N-dealkylation sites (tertiary alicyclic amines) is 1. The molecule has 1 N–H and O–H groups in total. The van der Waals surface area contributed by atoms with Crippen LogP contribution in [0.5, 0.6) is 5.75 Å². The van der Waals surface area contributed by atoms with Gasteiger partial charge in [0.1, 0.15) is 5.75 Å². The fourth-order valence-electron chi connectivity index (χ4n) is 3.68. The first-order valence-corrected chi connectivity index (χ1v) is 8.83. The van der Waals surface area contributed by atoms with Crippen molar-refractivity contribution in [3.8, 4) is 11.8 Å². The molecule has 7 nitrogen and oxygen atoms in total. The summed E-state index contributed by atoms with van der Waals surface area (Å²) in [5.74, 6) is -0.572. The minimum Gasteiger partial charge on any atom is -0.484 e. The van der Waals surface area contributed by atoms with E-state index in [2.05, 4.69) is 0 Å². The Balaban J connectivity index is 1.46. The smallest absolute Gasteiger partial charge is 0.309 e. The van der Waals surface area contributed by atoms with Gasteiger partial charge >= 0.3 is 5.97 Å². The zero-order chi connectivity index (χ0) is 18.5. The van der Waals surface area contributed by atoms with E-state index in [1.165, 1.54) is 0 Å². The number of ether oxygens (including phenoxy) is 2. The van der Waals surface area contributed by atoms with Crippen LogP contribution >= 0.6 is 0 Å². The molecule has 0 spiro atoms. The van der Waals surface area contributed by atoms with E-state index in [1.54, 1.807) is 29.2 Å². The monoisotopic (exact) mass is 358 g/mol. The molecular formula is C19H22N2O5. The number of rotatable bonds is 5. The first-order chi connectivity index (χ1) is 12.6. The number of carboxylic acids is 1. The van der Waals surface area contributed by atoms with Gasteiger partial charge in [0.05, 0.1) is 23.7 Å². The van der Waals surface area contributed by atoms with Gasteiger partial charge < -0.3 is 19.5 Å². The average Bonchev–Trinajstić information content (AvgIpc) is 3.17. The van der Waals surface area contributed by atoms with Crippen LogP contribution < -0.4 is 4.74 Å². The van der Waals surface area contributed by atoms with E-state index in [9.17, 15) is 14.7 Å².